The van der Waals surface area contributed by atoms with Gasteiger partial charge in [-0.2, -0.15) is 0 Å². The summed E-state index contributed by atoms with van der Waals surface area (Å²) in [5.41, 5.74) is 1.46. The molecule has 0 atom stereocenters. The van der Waals surface area contributed by atoms with Gasteiger partial charge in [-0.1, -0.05) is 31.1 Å². The first-order chi connectivity index (χ1) is 10.5. The molecule has 1 heterocycles. The highest BCUT2D eigenvalue weighted by Gasteiger charge is 2.16. The Hall–Kier alpha value is -2.63. The molecule has 6 heteroatoms. The molecule has 0 saturated heterocycles. The lowest BCUT2D eigenvalue weighted by Crippen LogP contribution is -2.28. The maximum Gasteiger partial charge on any atom is 0.294 e. The third-order valence-electron chi connectivity index (χ3n) is 2.94. The van der Waals surface area contributed by atoms with Gasteiger partial charge >= 0.3 is 0 Å². The van der Waals surface area contributed by atoms with Crippen molar-refractivity contribution in [2.24, 2.45) is 5.92 Å². The second-order valence-electron chi connectivity index (χ2n) is 5.44. The molecule has 0 radical (unpaired) electrons. The van der Waals surface area contributed by atoms with Gasteiger partial charge in [0.2, 0.25) is 5.76 Å². The zero-order valence-corrected chi connectivity index (χ0v) is 12.8. The van der Waals surface area contributed by atoms with Crippen molar-refractivity contribution in [1.82, 2.24) is 10.5 Å². The largest absolute Gasteiger partial charge is 0.352 e. The predicted molar refractivity (Wildman–Crippen MR) is 82.8 cm³/mol. The maximum absolute atomic E-state index is 12.2. The van der Waals surface area contributed by atoms with E-state index in [1.807, 2.05) is 13.8 Å². The van der Waals surface area contributed by atoms with Crippen molar-refractivity contribution < 1.29 is 14.1 Å². The highest BCUT2D eigenvalue weighted by atomic mass is 16.5. The summed E-state index contributed by atoms with van der Waals surface area (Å²) in [6.45, 7) is 6.33. The number of hydrogen-bond acceptors (Lipinski definition) is 4. The number of benzene rings is 1. The van der Waals surface area contributed by atoms with Crippen LogP contribution in [-0.4, -0.2) is 23.5 Å². The highest BCUT2D eigenvalue weighted by Crippen LogP contribution is 2.16. The topological polar surface area (TPSA) is 84.2 Å². The minimum absolute atomic E-state index is 0.106. The number of aromatic nitrogens is 1. The van der Waals surface area contributed by atoms with Crippen LogP contribution in [0.4, 0.5) is 5.69 Å². The monoisotopic (exact) mass is 301 g/mol. The Bertz CT molecular complexity index is 677. The van der Waals surface area contributed by atoms with Crippen LogP contribution in [0.2, 0.25) is 0 Å². The van der Waals surface area contributed by atoms with E-state index in [1.165, 1.54) is 6.07 Å². The molecule has 1 aromatic carbocycles. The Balaban J connectivity index is 2.14. The average molecular weight is 301 g/mol. The Morgan fingerprint density at radius 1 is 1.23 bits per heavy atom. The van der Waals surface area contributed by atoms with Gasteiger partial charge < -0.3 is 15.2 Å². The van der Waals surface area contributed by atoms with Crippen LogP contribution < -0.4 is 10.6 Å². The third kappa shape index (κ3) is 3.94. The normalized spacial score (nSPS) is 10.5. The molecule has 2 aromatic rings. The molecule has 0 aliphatic rings. The van der Waals surface area contributed by atoms with E-state index in [0.717, 1.165) is 0 Å². The maximum atomic E-state index is 12.2. The van der Waals surface area contributed by atoms with Crippen molar-refractivity contribution in [1.29, 1.82) is 0 Å². The molecule has 0 unspecified atom stereocenters. The van der Waals surface area contributed by atoms with Crippen LogP contribution in [0.1, 0.15) is 40.5 Å². The number of aryl methyl sites for hydroxylation is 1. The van der Waals surface area contributed by atoms with Gasteiger partial charge in [0, 0.05) is 12.6 Å². The molecule has 0 spiro atoms. The van der Waals surface area contributed by atoms with E-state index in [2.05, 4.69) is 15.8 Å². The molecule has 22 heavy (non-hydrogen) atoms. The van der Waals surface area contributed by atoms with Gasteiger partial charge in [-0.15, -0.1) is 0 Å². The standard InChI is InChI=1S/C16H19N3O3/c1-10(2)9-17-15(20)12-6-4-5-7-13(12)18-16(21)14-8-11(3)19-22-14/h4-8,10H,9H2,1-3H3,(H,17,20)(H,18,21). The van der Waals surface area contributed by atoms with Crippen LogP contribution >= 0.6 is 0 Å². The lowest BCUT2D eigenvalue weighted by Gasteiger charge is -2.11. The zero-order chi connectivity index (χ0) is 16.1. The molecule has 116 valence electrons. The van der Waals surface area contributed by atoms with Gasteiger partial charge in [0.05, 0.1) is 16.9 Å². The zero-order valence-electron chi connectivity index (χ0n) is 12.8. The number of nitrogens with zero attached hydrogens (tertiary/aromatic N) is 1. The summed E-state index contributed by atoms with van der Waals surface area (Å²) in [5.74, 6) is -0.208. The quantitative estimate of drug-likeness (QED) is 0.889. The van der Waals surface area contributed by atoms with Gasteiger partial charge in [0.15, 0.2) is 0 Å². The minimum atomic E-state index is -0.440. The van der Waals surface area contributed by atoms with Crippen molar-refractivity contribution >= 4 is 17.5 Å². The Labute approximate surface area is 128 Å². The number of nitrogens with one attached hydrogen (secondary N) is 2. The van der Waals surface area contributed by atoms with E-state index in [4.69, 9.17) is 4.52 Å². The van der Waals surface area contributed by atoms with Crippen LogP contribution in [0, 0.1) is 12.8 Å². The molecule has 0 saturated carbocycles. The second kappa shape index (κ2) is 6.89. The molecule has 1 aromatic heterocycles. The minimum Gasteiger partial charge on any atom is -0.352 e. The first-order valence-corrected chi connectivity index (χ1v) is 7.09. The summed E-state index contributed by atoms with van der Waals surface area (Å²) in [5, 5.41) is 9.18. The average Bonchev–Trinajstić information content (AvgIpc) is 2.92. The van der Waals surface area contributed by atoms with Gasteiger partial charge in [-0.05, 0) is 25.0 Å². The van der Waals surface area contributed by atoms with Gasteiger partial charge in [-0.25, -0.2) is 0 Å². The second-order valence-corrected chi connectivity index (χ2v) is 5.44. The first-order valence-electron chi connectivity index (χ1n) is 7.09. The Morgan fingerprint density at radius 3 is 2.59 bits per heavy atom. The molecule has 0 fully saturated rings. The summed E-state index contributed by atoms with van der Waals surface area (Å²) >= 11 is 0. The summed E-state index contributed by atoms with van der Waals surface area (Å²) in [4.78, 5) is 24.3. The van der Waals surface area contributed by atoms with Gasteiger partial charge in [-0.3, -0.25) is 9.59 Å². The molecule has 6 nitrogen and oxygen atoms in total. The number of amides is 2. The number of rotatable bonds is 5. The summed E-state index contributed by atoms with van der Waals surface area (Å²) in [6.07, 6.45) is 0. The SMILES string of the molecule is Cc1cc(C(=O)Nc2ccccc2C(=O)NCC(C)C)on1. The van der Waals surface area contributed by atoms with E-state index in [0.29, 0.717) is 29.4 Å². The fourth-order valence-corrected chi connectivity index (χ4v) is 1.84. The van der Waals surface area contributed by atoms with E-state index >= 15 is 0 Å². The van der Waals surface area contributed by atoms with E-state index < -0.39 is 5.91 Å². The molecule has 0 aliphatic carbocycles. The number of carbonyl (C=O) groups excluding carboxylic acids is 2. The first kappa shape index (κ1) is 15.8. The highest BCUT2D eigenvalue weighted by molar-refractivity contribution is 6.07. The summed E-state index contributed by atoms with van der Waals surface area (Å²) in [7, 11) is 0. The Kier molecular flexibility index (Phi) is 4.93. The lowest BCUT2D eigenvalue weighted by atomic mass is 10.1. The van der Waals surface area contributed by atoms with E-state index in [-0.39, 0.29) is 11.7 Å². The molecular formula is C16H19N3O3. The van der Waals surface area contributed by atoms with Gasteiger partial charge in [0.25, 0.3) is 11.8 Å². The van der Waals surface area contributed by atoms with Crippen LogP contribution in [0.25, 0.3) is 0 Å². The van der Waals surface area contributed by atoms with E-state index in [9.17, 15) is 9.59 Å². The number of hydrogen-bond donors (Lipinski definition) is 2. The van der Waals surface area contributed by atoms with Crippen molar-refractivity contribution in [3.8, 4) is 0 Å². The van der Waals surface area contributed by atoms with Crippen LogP contribution in [0.3, 0.4) is 0 Å². The van der Waals surface area contributed by atoms with Crippen molar-refractivity contribution in [3.05, 3.63) is 47.3 Å². The molecule has 0 aliphatic heterocycles. The van der Waals surface area contributed by atoms with Crippen molar-refractivity contribution in [2.75, 3.05) is 11.9 Å². The summed E-state index contributed by atoms with van der Waals surface area (Å²) in [6, 6.07) is 8.37. The number of carbonyl (C=O) groups is 2. The van der Waals surface area contributed by atoms with Crippen molar-refractivity contribution in [3.63, 3.8) is 0 Å². The third-order valence-corrected chi connectivity index (χ3v) is 2.94. The fraction of sp³-hybridized carbons (Fsp3) is 0.312. The van der Waals surface area contributed by atoms with E-state index in [1.54, 1.807) is 31.2 Å². The molecule has 2 amide bonds. The Morgan fingerprint density at radius 2 is 1.95 bits per heavy atom. The lowest BCUT2D eigenvalue weighted by molar-refractivity contribution is 0.0950. The van der Waals surface area contributed by atoms with Crippen LogP contribution in [0.15, 0.2) is 34.9 Å². The number of para-hydroxylation sites is 1. The molecular weight excluding hydrogens is 282 g/mol. The van der Waals surface area contributed by atoms with Gasteiger partial charge in [0.1, 0.15) is 0 Å². The molecule has 2 N–H and O–H groups in total. The summed E-state index contributed by atoms with van der Waals surface area (Å²) < 4.78 is 4.91. The molecule has 2 rings (SSSR count). The fourth-order valence-electron chi connectivity index (χ4n) is 1.84. The van der Waals surface area contributed by atoms with Crippen LogP contribution in [0.5, 0.6) is 0 Å². The van der Waals surface area contributed by atoms with Crippen molar-refractivity contribution in [2.45, 2.75) is 20.8 Å². The van der Waals surface area contributed by atoms with Crippen LogP contribution in [-0.2, 0) is 0 Å². The number of anilines is 1. The smallest absolute Gasteiger partial charge is 0.294 e. The molecule has 0 bridgehead atoms. The predicted octanol–water partition coefficient (Wildman–Crippen LogP) is 2.62.